The summed E-state index contributed by atoms with van der Waals surface area (Å²) in [6.07, 6.45) is 5.81. The molecule has 1 heterocycles. The Morgan fingerprint density at radius 3 is 2.86 bits per heavy atom. The molecular weight excluding hydrogens is 298 g/mol. The van der Waals surface area contributed by atoms with Gasteiger partial charge in [0.25, 0.3) is 5.69 Å². The summed E-state index contributed by atoms with van der Waals surface area (Å²) >= 11 is 1.53. The van der Waals surface area contributed by atoms with E-state index in [1.165, 1.54) is 22.3 Å². The standard InChI is InChI=1S/C16H13N3O2S/c17-10-12(9-11-5-1-3-7-14(11)19(20)21)16-18-13-6-2-4-8-15(13)22-16/h1,3,5,7,9H,2,4,6,8H2/b12-9-. The van der Waals surface area contributed by atoms with Gasteiger partial charge in [0, 0.05) is 10.9 Å². The number of rotatable bonds is 3. The number of benzene rings is 1. The minimum atomic E-state index is -0.437. The lowest BCUT2D eigenvalue weighted by molar-refractivity contribution is -0.385. The maximum absolute atomic E-state index is 11.1. The van der Waals surface area contributed by atoms with Crippen LogP contribution >= 0.6 is 11.3 Å². The quantitative estimate of drug-likeness (QED) is 0.487. The third-order valence-corrected chi connectivity index (χ3v) is 4.82. The number of fused-ring (bicyclic) bond motifs is 1. The van der Waals surface area contributed by atoms with Crippen molar-refractivity contribution < 1.29 is 4.92 Å². The third-order valence-electron chi connectivity index (χ3n) is 3.63. The smallest absolute Gasteiger partial charge is 0.258 e. The zero-order valence-electron chi connectivity index (χ0n) is 11.8. The SMILES string of the molecule is N#C/C(=C/c1ccccc1[N+](=O)[O-])c1nc2c(s1)CCCC2. The number of nitro benzene ring substituents is 1. The van der Waals surface area contributed by atoms with Crippen molar-refractivity contribution in [1.29, 1.82) is 5.26 Å². The number of nitriles is 1. The molecule has 0 unspecified atom stereocenters. The maximum Gasteiger partial charge on any atom is 0.276 e. The van der Waals surface area contributed by atoms with E-state index in [9.17, 15) is 15.4 Å². The average Bonchev–Trinajstić information content (AvgIpc) is 2.96. The summed E-state index contributed by atoms with van der Waals surface area (Å²) in [5.74, 6) is 0. The first-order chi connectivity index (χ1) is 10.7. The van der Waals surface area contributed by atoms with Crippen molar-refractivity contribution >= 4 is 28.7 Å². The fourth-order valence-corrected chi connectivity index (χ4v) is 3.66. The van der Waals surface area contributed by atoms with E-state index in [2.05, 4.69) is 11.1 Å². The fraction of sp³-hybridized carbons (Fsp3) is 0.250. The lowest BCUT2D eigenvalue weighted by Crippen LogP contribution is -1.99. The van der Waals surface area contributed by atoms with Crippen molar-refractivity contribution in [2.24, 2.45) is 0 Å². The zero-order chi connectivity index (χ0) is 15.5. The van der Waals surface area contributed by atoms with E-state index in [1.807, 2.05) is 0 Å². The Bertz CT molecular complexity index is 778. The average molecular weight is 311 g/mol. The number of hydrogen-bond donors (Lipinski definition) is 0. The molecule has 2 aromatic rings. The van der Waals surface area contributed by atoms with E-state index in [4.69, 9.17) is 0 Å². The van der Waals surface area contributed by atoms with Crippen LogP contribution in [0.1, 0.15) is 34.0 Å². The molecule has 5 nitrogen and oxygen atoms in total. The van der Waals surface area contributed by atoms with Crippen LogP contribution in [0.15, 0.2) is 24.3 Å². The van der Waals surface area contributed by atoms with Gasteiger partial charge in [0.2, 0.25) is 0 Å². The molecule has 0 fully saturated rings. The highest BCUT2D eigenvalue weighted by atomic mass is 32.1. The van der Waals surface area contributed by atoms with Crippen LogP contribution < -0.4 is 0 Å². The van der Waals surface area contributed by atoms with Gasteiger partial charge in [-0.2, -0.15) is 5.26 Å². The van der Waals surface area contributed by atoms with Crippen LogP contribution in [-0.4, -0.2) is 9.91 Å². The van der Waals surface area contributed by atoms with Crippen LogP contribution in [0.5, 0.6) is 0 Å². The van der Waals surface area contributed by atoms with Gasteiger partial charge in [0.05, 0.1) is 21.8 Å². The Morgan fingerprint density at radius 2 is 2.14 bits per heavy atom. The first kappa shape index (κ1) is 14.4. The van der Waals surface area contributed by atoms with Gasteiger partial charge in [-0.05, 0) is 37.8 Å². The Labute approximate surface area is 131 Å². The highest BCUT2D eigenvalue weighted by Crippen LogP contribution is 2.32. The molecule has 0 atom stereocenters. The van der Waals surface area contributed by atoms with Gasteiger partial charge in [0.1, 0.15) is 11.1 Å². The molecule has 3 rings (SSSR count). The molecule has 0 spiro atoms. The molecular formula is C16H13N3O2S. The first-order valence-electron chi connectivity index (χ1n) is 7.03. The molecule has 0 saturated heterocycles. The topological polar surface area (TPSA) is 79.8 Å². The summed E-state index contributed by atoms with van der Waals surface area (Å²) in [6, 6.07) is 8.55. The molecule has 0 amide bonds. The molecule has 1 aliphatic carbocycles. The zero-order valence-corrected chi connectivity index (χ0v) is 12.6. The molecule has 1 aliphatic rings. The van der Waals surface area contributed by atoms with E-state index >= 15 is 0 Å². The Hall–Kier alpha value is -2.52. The molecule has 0 bridgehead atoms. The number of hydrogen-bond acceptors (Lipinski definition) is 5. The molecule has 1 aromatic heterocycles. The Balaban J connectivity index is 2.03. The van der Waals surface area contributed by atoms with E-state index < -0.39 is 4.92 Å². The van der Waals surface area contributed by atoms with Gasteiger partial charge in [-0.25, -0.2) is 4.98 Å². The molecule has 110 valence electrons. The Morgan fingerprint density at radius 1 is 1.36 bits per heavy atom. The number of allylic oxidation sites excluding steroid dienone is 1. The van der Waals surface area contributed by atoms with Crippen LogP contribution in [0.25, 0.3) is 11.6 Å². The van der Waals surface area contributed by atoms with Gasteiger partial charge in [-0.15, -0.1) is 11.3 Å². The van der Waals surface area contributed by atoms with E-state index in [-0.39, 0.29) is 5.69 Å². The fourth-order valence-electron chi connectivity index (χ4n) is 2.54. The van der Waals surface area contributed by atoms with Gasteiger partial charge < -0.3 is 0 Å². The summed E-state index contributed by atoms with van der Waals surface area (Å²) in [5.41, 5.74) is 1.89. The minimum Gasteiger partial charge on any atom is -0.258 e. The molecule has 0 radical (unpaired) electrons. The molecule has 1 aromatic carbocycles. The van der Waals surface area contributed by atoms with E-state index in [0.717, 1.165) is 31.4 Å². The highest BCUT2D eigenvalue weighted by Gasteiger charge is 2.18. The van der Waals surface area contributed by atoms with E-state index in [1.54, 1.807) is 24.3 Å². The lowest BCUT2D eigenvalue weighted by Gasteiger charge is -2.06. The number of nitrogens with zero attached hydrogens (tertiary/aromatic N) is 3. The summed E-state index contributed by atoms with van der Waals surface area (Å²) in [7, 11) is 0. The van der Waals surface area contributed by atoms with Crippen molar-refractivity contribution in [2.45, 2.75) is 25.7 Å². The van der Waals surface area contributed by atoms with Crippen molar-refractivity contribution in [3.8, 4) is 6.07 Å². The predicted octanol–water partition coefficient (Wildman–Crippen LogP) is 3.99. The summed E-state index contributed by atoms with van der Waals surface area (Å²) in [5, 5.41) is 21.1. The molecule has 0 aliphatic heterocycles. The predicted molar refractivity (Wildman–Crippen MR) is 85.3 cm³/mol. The monoisotopic (exact) mass is 311 g/mol. The normalized spacial score (nSPS) is 14.2. The van der Waals surface area contributed by atoms with E-state index in [0.29, 0.717) is 16.1 Å². The maximum atomic E-state index is 11.1. The van der Waals surface area contributed by atoms with Crippen molar-refractivity contribution in [1.82, 2.24) is 4.98 Å². The Kier molecular flexibility index (Phi) is 3.98. The third kappa shape index (κ3) is 2.76. The van der Waals surface area contributed by atoms with Crippen LogP contribution in [0.2, 0.25) is 0 Å². The lowest BCUT2D eigenvalue weighted by atomic mass is 10.0. The van der Waals surface area contributed by atoms with Gasteiger partial charge >= 0.3 is 0 Å². The van der Waals surface area contributed by atoms with Gasteiger partial charge in [-0.3, -0.25) is 10.1 Å². The number of para-hydroxylation sites is 1. The summed E-state index contributed by atoms with van der Waals surface area (Å²) < 4.78 is 0. The van der Waals surface area contributed by atoms with Crippen molar-refractivity contribution in [2.75, 3.05) is 0 Å². The van der Waals surface area contributed by atoms with Crippen LogP contribution in [0.3, 0.4) is 0 Å². The minimum absolute atomic E-state index is 0.00318. The van der Waals surface area contributed by atoms with Crippen LogP contribution in [-0.2, 0) is 12.8 Å². The van der Waals surface area contributed by atoms with Gasteiger partial charge in [-0.1, -0.05) is 12.1 Å². The highest BCUT2D eigenvalue weighted by molar-refractivity contribution is 7.13. The molecule has 0 saturated carbocycles. The van der Waals surface area contributed by atoms with Crippen molar-refractivity contribution in [3.05, 3.63) is 55.5 Å². The second-order valence-corrected chi connectivity index (χ2v) is 6.17. The largest absolute Gasteiger partial charge is 0.276 e. The van der Waals surface area contributed by atoms with Crippen LogP contribution in [0.4, 0.5) is 5.69 Å². The number of aryl methyl sites for hydroxylation is 2. The number of thiazole rings is 1. The van der Waals surface area contributed by atoms with Gasteiger partial charge in [0.15, 0.2) is 0 Å². The second kappa shape index (κ2) is 6.08. The molecule has 0 N–H and O–H groups in total. The number of nitro groups is 1. The van der Waals surface area contributed by atoms with Crippen LogP contribution in [0, 0.1) is 21.4 Å². The van der Waals surface area contributed by atoms with Crippen molar-refractivity contribution in [3.63, 3.8) is 0 Å². The molecule has 22 heavy (non-hydrogen) atoms. The number of aromatic nitrogens is 1. The second-order valence-electron chi connectivity index (χ2n) is 5.08. The molecule has 6 heteroatoms. The first-order valence-corrected chi connectivity index (χ1v) is 7.85. The summed E-state index contributed by atoms with van der Waals surface area (Å²) in [6.45, 7) is 0. The summed E-state index contributed by atoms with van der Waals surface area (Å²) in [4.78, 5) is 16.4.